The third-order valence-electron chi connectivity index (χ3n) is 10.1. The summed E-state index contributed by atoms with van der Waals surface area (Å²) in [6.07, 6.45) is 2.85. The van der Waals surface area contributed by atoms with E-state index in [1.54, 1.807) is 17.7 Å². The van der Waals surface area contributed by atoms with Gasteiger partial charge in [-0.25, -0.2) is 4.79 Å². The van der Waals surface area contributed by atoms with Crippen molar-refractivity contribution in [3.8, 4) is 0 Å². The van der Waals surface area contributed by atoms with Crippen LogP contribution in [-0.4, -0.2) is 27.4 Å². The van der Waals surface area contributed by atoms with Crippen LogP contribution in [0.5, 0.6) is 0 Å². The number of nitrogens with zero attached hydrogens (tertiary/aromatic N) is 2. The largest absolute Gasteiger partial charge is 0.367 e. The van der Waals surface area contributed by atoms with E-state index < -0.39 is 29.2 Å². The fourth-order valence-electron chi connectivity index (χ4n) is 7.45. The van der Waals surface area contributed by atoms with Gasteiger partial charge < -0.3 is 14.2 Å². The molecule has 0 N–H and O–H groups in total. The average molecular weight is 705 g/mol. The van der Waals surface area contributed by atoms with Crippen molar-refractivity contribution in [3.05, 3.63) is 225 Å². The zero-order valence-electron chi connectivity index (χ0n) is 29.9. The van der Waals surface area contributed by atoms with E-state index >= 15 is 0 Å². The Bertz CT molecular complexity index is 2120. The van der Waals surface area contributed by atoms with E-state index in [0.29, 0.717) is 25.0 Å². The molecule has 53 heavy (non-hydrogen) atoms. The fourth-order valence-corrected chi connectivity index (χ4v) is 7.45. The number of hydrogen-bond donors (Lipinski definition) is 0. The van der Waals surface area contributed by atoms with Gasteiger partial charge in [-0.2, -0.15) is 0 Å². The van der Waals surface area contributed by atoms with Gasteiger partial charge in [0.05, 0.1) is 19.8 Å². The Morgan fingerprint density at radius 2 is 1.25 bits per heavy atom. The molecule has 0 amide bonds. The van der Waals surface area contributed by atoms with E-state index in [4.69, 9.17) is 14.2 Å². The van der Waals surface area contributed by atoms with E-state index in [0.717, 1.165) is 27.8 Å². The molecule has 1 aromatic heterocycles. The van der Waals surface area contributed by atoms with Gasteiger partial charge in [0.1, 0.15) is 23.5 Å². The molecule has 5 aromatic carbocycles. The van der Waals surface area contributed by atoms with E-state index in [-0.39, 0.29) is 18.7 Å². The van der Waals surface area contributed by atoms with Gasteiger partial charge in [0, 0.05) is 18.2 Å². The lowest BCUT2D eigenvalue weighted by atomic mass is 9.80. The van der Waals surface area contributed by atoms with E-state index in [9.17, 15) is 9.59 Å². The summed E-state index contributed by atoms with van der Waals surface area (Å²) < 4.78 is 24.0. The summed E-state index contributed by atoms with van der Waals surface area (Å²) in [5.74, 6) is 0. The minimum atomic E-state index is -0.999. The molecule has 1 aliphatic rings. The minimum Gasteiger partial charge on any atom is -0.367 e. The smallest absolute Gasteiger partial charge is 0.333 e. The van der Waals surface area contributed by atoms with Crippen molar-refractivity contribution in [2.24, 2.45) is 0 Å². The van der Waals surface area contributed by atoms with Gasteiger partial charge in [-0.1, -0.05) is 158 Å². The molecular formula is C46H44N2O5. The topological polar surface area (TPSA) is 71.7 Å². The van der Waals surface area contributed by atoms with Crippen LogP contribution in [0, 0.1) is 6.92 Å². The Morgan fingerprint density at radius 1 is 0.755 bits per heavy atom. The molecule has 1 aliphatic heterocycles. The average Bonchev–Trinajstić information content (AvgIpc) is 3.57. The Kier molecular flexibility index (Phi) is 10.8. The summed E-state index contributed by atoms with van der Waals surface area (Å²) in [6, 6.07) is 50.1. The first-order chi connectivity index (χ1) is 25.9. The fraction of sp³-hybridized carbons (Fsp3) is 0.217. The predicted molar refractivity (Wildman–Crippen MR) is 208 cm³/mol. The predicted octanol–water partition coefficient (Wildman–Crippen LogP) is 8.19. The highest BCUT2D eigenvalue weighted by atomic mass is 16.6. The Labute approximate surface area is 310 Å². The van der Waals surface area contributed by atoms with Crippen LogP contribution < -0.4 is 11.2 Å². The van der Waals surface area contributed by atoms with Crippen molar-refractivity contribution in [2.75, 3.05) is 6.61 Å². The summed E-state index contributed by atoms with van der Waals surface area (Å²) in [6.45, 7) is 6.44. The van der Waals surface area contributed by atoms with Crippen LogP contribution in [0.3, 0.4) is 0 Å². The van der Waals surface area contributed by atoms with E-state index in [2.05, 4.69) is 43.0 Å². The minimum absolute atomic E-state index is 0.120. The molecule has 0 unspecified atom stereocenters. The second-order valence-electron chi connectivity index (χ2n) is 13.6. The lowest BCUT2D eigenvalue weighted by Crippen LogP contribution is -2.46. The molecule has 6 aromatic rings. The van der Waals surface area contributed by atoms with Crippen molar-refractivity contribution in [2.45, 2.75) is 56.5 Å². The molecule has 0 spiro atoms. The van der Waals surface area contributed by atoms with Crippen molar-refractivity contribution in [1.29, 1.82) is 0 Å². The summed E-state index contributed by atoms with van der Waals surface area (Å²) in [4.78, 5) is 27.6. The first kappa shape index (κ1) is 35.8. The third kappa shape index (κ3) is 7.37. The van der Waals surface area contributed by atoms with Gasteiger partial charge in [-0.3, -0.25) is 13.9 Å². The second kappa shape index (κ2) is 16.0. The number of aryl methyl sites for hydroxylation is 1. The maximum Gasteiger partial charge on any atom is 0.333 e. The molecule has 7 heteroatoms. The van der Waals surface area contributed by atoms with Crippen LogP contribution in [0.2, 0.25) is 0 Å². The normalized spacial score (nSPS) is 18.5. The molecule has 1 saturated heterocycles. The zero-order valence-corrected chi connectivity index (χ0v) is 29.9. The van der Waals surface area contributed by atoms with E-state index in [1.807, 2.05) is 121 Å². The number of ether oxygens (including phenoxy) is 3. The Morgan fingerprint density at radius 3 is 1.75 bits per heavy atom. The summed E-state index contributed by atoms with van der Waals surface area (Å²) in [7, 11) is 0. The maximum absolute atomic E-state index is 14.2. The number of rotatable bonds is 14. The highest BCUT2D eigenvalue weighted by molar-refractivity contribution is 5.47. The monoisotopic (exact) mass is 704 g/mol. The van der Waals surface area contributed by atoms with Crippen molar-refractivity contribution < 1.29 is 14.2 Å². The van der Waals surface area contributed by atoms with Crippen molar-refractivity contribution in [1.82, 2.24) is 9.13 Å². The second-order valence-corrected chi connectivity index (χ2v) is 13.6. The number of benzene rings is 5. The molecule has 7 nitrogen and oxygen atoms in total. The van der Waals surface area contributed by atoms with Gasteiger partial charge in [0.25, 0.3) is 5.56 Å². The van der Waals surface area contributed by atoms with Gasteiger partial charge >= 0.3 is 5.69 Å². The van der Waals surface area contributed by atoms with Crippen LogP contribution in [0.4, 0.5) is 0 Å². The van der Waals surface area contributed by atoms with Crippen LogP contribution >= 0.6 is 0 Å². The lowest BCUT2D eigenvalue weighted by Gasteiger charge is -2.39. The number of aromatic nitrogens is 2. The molecule has 2 heterocycles. The summed E-state index contributed by atoms with van der Waals surface area (Å²) in [5, 5.41) is 0. The Hall–Kier alpha value is -5.60. The molecule has 1 fully saturated rings. The molecule has 0 radical (unpaired) electrons. The first-order valence-corrected chi connectivity index (χ1v) is 18.0. The Balaban J connectivity index is 1.32. The van der Waals surface area contributed by atoms with E-state index in [1.165, 1.54) is 4.57 Å². The van der Waals surface area contributed by atoms with Crippen molar-refractivity contribution >= 4 is 0 Å². The van der Waals surface area contributed by atoms with Gasteiger partial charge in [0.2, 0.25) is 0 Å². The molecule has 3 atom stereocenters. The standard InChI is InChI=1S/C46H44N2O5/c1-3-29-45(51-33-37-21-11-5-12-22-37)30-42(47-31-35(2)43(49)48(44(47)50)32-36-19-9-4-10-20-36)53-41(45)34-52-46(38-23-13-6-14-24-38,39-25-15-7-16-26-39)40-27-17-8-18-28-40/h3-28,31,41-42H,1,29-30,32-34H2,2H3/t41-,42-,45-/m1/s1. The first-order valence-electron chi connectivity index (χ1n) is 18.0. The molecule has 268 valence electrons. The van der Waals surface area contributed by atoms with Crippen LogP contribution in [0.25, 0.3) is 0 Å². The summed E-state index contributed by atoms with van der Waals surface area (Å²) in [5.41, 5.74) is 2.50. The van der Waals surface area contributed by atoms with Crippen molar-refractivity contribution in [3.63, 3.8) is 0 Å². The summed E-state index contributed by atoms with van der Waals surface area (Å²) >= 11 is 0. The SMILES string of the molecule is C=CC[C@@]1(OCc2ccccc2)C[C@H](n2cc(C)c(=O)n(Cc3ccccc3)c2=O)O[C@@H]1COC(c1ccccc1)(c1ccccc1)c1ccccc1. The van der Waals surface area contributed by atoms with Crippen LogP contribution in [0.15, 0.2) is 180 Å². The third-order valence-corrected chi connectivity index (χ3v) is 10.1. The maximum atomic E-state index is 14.2. The number of hydrogen-bond acceptors (Lipinski definition) is 5. The molecule has 0 bridgehead atoms. The lowest BCUT2D eigenvalue weighted by molar-refractivity contribution is -0.145. The molecule has 7 rings (SSSR count). The zero-order chi connectivity index (χ0) is 36.7. The molecule has 0 saturated carbocycles. The van der Waals surface area contributed by atoms with Gasteiger partial charge in [-0.05, 0) is 41.2 Å². The highest BCUT2D eigenvalue weighted by Crippen LogP contribution is 2.46. The quantitative estimate of drug-likeness (QED) is 0.0845. The van der Waals surface area contributed by atoms with Gasteiger partial charge in [0.15, 0.2) is 0 Å². The van der Waals surface area contributed by atoms with Gasteiger partial charge in [-0.15, -0.1) is 6.58 Å². The van der Waals surface area contributed by atoms with Crippen LogP contribution in [-0.2, 0) is 33.0 Å². The molecule has 0 aliphatic carbocycles. The van der Waals surface area contributed by atoms with Crippen LogP contribution in [0.1, 0.15) is 52.5 Å². The molecular weight excluding hydrogens is 661 g/mol. The highest BCUT2D eigenvalue weighted by Gasteiger charge is 2.51.